The van der Waals surface area contributed by atoms with Gasteiger partial charge in [0.2, 0.25) is 0 Å². The SMILES string of the molecule is COc1cc(OC)c(N(C(N)=O)c2cc(C)on2)cc1C(C)=O. The van der Waals surface area contributed by atoms with Crippen LogP contribution in [0.1, 0.15) is 23.0 Å². The van der Waals surface area contributed by atoms with Gasteiger partial charge in [-0.2, -0.15) is 0 Å². The number of anilines is 2. The monoisotopic (exact) mass is 319 g/mol. The summed E-state index contributed by atoms with van der Waals surface area (Å²) >= 11 is 0. The summed E-state index contributed by atoms with van der Waals surface area (Å²) in [7, 11) is 2.87. The summed E-state index contributed by atoms with van der Waals surface area (Å²) in [5.41, 5.74) is 6.01. The number of carbonyl (C=O) groups is 2. The number of ketones is 1. The smallest absolute Gasteiger partial charge is 0.325 e. The van der Waals surface area contributed by atoms with E-state index in [1.165, 1.54) is 33.3 Å². The average molecular weight is 319 g/mol. The average Bonchev–Trinajstić information content (AvgIpc) is 2.92. The molecule has 0 aliphatic heterocycles. The van der Waals surface area contributed by atoms with Crippen LogP contribution in [-0.2, 0) is 0 Å². The quantitative estimate of drug-likeness (QED) is 0.848. The molecule has 2 amide bonds. The maximum absolute atomic E-state index is 11.9. The maximum atomic E-state index is 11.9. The van der Waals surface area contributed by atoms with E-state index in [1.807, 2.05) is 0 Å². The number of urea groups is 1. The molecule has 122 valence electrons. The summed E-state index contributed by atoms with van der Waals surface area (Å²) in [4.78, 5) is 24.8. The lowest BCUT2D eigenvalue weighted by Gasteiger charge is -2.21. The number of aromatic nitrogens is 1. The first-order chi connectivity index (χ1) is 10.9. The van der Waals surface area contributed by atoms with Gasteiger partial charge in [0.15, 0.2) is 11.6 Å². The molecule has 0 radical (unpaired) electrons. The molecule has 0 spiro atoms. The topological polar surface area (TPSA) is 108 Å². The fraction of sp³-hybridized carbons (Fsp3) is 0.267. The molecule has 0 aliphatic carbocycles. The third kappa shape index (κ3) is 3.10. The number of amides is 2. The Morgan fingerprint density at radius 3 is 2.26 bits per heavy atom. The van der Waals surface area contributed by atoms with Crippen LogP contribution in [0, 0.1) is 6.92 Å². The van der Waals surface area contributed by atoms with Gasteiger partial charge in [0, 0.05) is 12.1 Å². The van der Waals surface area contributed by atoms with Gasteiger partial charge in [-0.3, -0.25) is 4.79 Å². The van der Waals surface area contributed by atoms with Gasteiger partial charge in [0.05, 0.1) is 25.5 Å². The predicted molar refractivity (Wildman–Crippen MR) is 82.5 cm³/mol. The Morgan fingerprint density at radius 2 is 1.83 bits per heavy atom. The minimum absolute atomic E-state index is 0.188. The van der Waals surface area contributed by atoms with Crippen LogP contribution in [0.5, 0.6) is 11.5 Å². The van der Waals surface area contributed by atoms with Crippen molar-refractivity contribution in [1.82, 2.24) is 5.16 Å². The highest BCUT2D eigenvalue weighted by Gasteiger charge is 2.25. The molecule has 0 saturated carbocycles. The van der Waals surface area contributed by atoms with Crippen LogP contribution in [0.15, 0.2) is 22.7 Å². The lowest BCUT2D eigenvalue weighted by molar-refractivity contribution is 0.101. The van der Waals surface area contributed by atoms with E-state index in [1.54, 1.807) is 13.0 Å². The summed E-state index contributed by atoms with van der Waals surface area (Å²) in [5.74, 6) is 1.09. The third-order valence-electron chi connectivity index (χ3n) is 3.19. The Hall–Kier alpha value is -3.03. The molecule has 0 fully saturated rings. The Kier molecular flexibility index (Phi) is 4.54. The number of benzene rings is 1. The number of carbonyl (C=O) groups excluding carboxylic acids is 2. The number of primary amides is 1. The normalized spacial score (nSPS) is 10.3. The van der Waals surface area contributed by atoms with E-state index in [4.69, 9.17) is 19.7 Å². The zero-order chi connectivity index (χ0) is 17.1. The molecule has 0 unspecified atom stereocenters. The third-order valence-corrected chi connectivity index (χ3v) is 3.19. The number of methoxy groups -OCH3 is 2. The number of nitrogens with two attached hydrogens (primary N) is 1. The second-order valence-corrected chi connectivity index (χ2v) is 4.75. The molecular formula is C15H17N3O5. The van der Waals surface area contributed by atoms with Gasteiger partial charge in [-0.25, -0.2) is 9.69 Å². The summed E-state index contributed by atoms with van der Waals surface area (Å²) in [6, 6.07) is 3.72. The van der Waals surface area contributed by atoms with Gasteiger partial charge < -0.3 is 19.7 Å². The highest BCUT2D eigenvalue weighted by Crippen LogP contribution is 2.38. The van der Waals surface area contributed by atoms with Crippen molar-refractivity contribution in [3.63, 3.8) is 0 Å². The van der Waals surface area contributed by atoms with Gasteiger partial charge in [0.25, 0.3) is 0 Å². The van der Waals surface area contributed by atoms with Crippen LogP contribution in [0.25, 0.3) is 0 Å². The molecule has 0 aliphatic rings. The number of rotatable bonds is 5. The zero-order valence-electron chi connectivity index (χ0n) is 13.2. The Morgan fingerprint density at radius 1 is 1.17 bits per heavy atom. The molecule has 2 N–H and O–H groups in total. The van der Waals surface area contributed by atoms with E-state index in [-0.39, 0.29) is 22.9 Å². The highest BCUT2D eigenvalue weighted by atomic mass is 16.5. The van der Waals surface area contributed by atoms with E-state index >= 15 is 0 Å². The van der Waals surface area contributed by atoms with E-state index in [0.717, 1.165) is 4.90 Å². The fourth-order valence-electron chi connectivity index (χ4n) is 2.15. The molecule has 0 bridgehead atoms. The van der Waals surface area contributed by atoms with Crippen molar-refractivity contribution in [2.45, 2.75) is 13.8 Å². The minimum Gasteiger partial charge on any atom is -0.496 e. The van der Waals surface area contributed by atoms with Gasteiger partial charge >= 0.3 is 6.03 Å². The zero-order valence-corrected chi connectivity index (χ0v) is 13.2. The van der Waals surface area contributed by atoms with Crippen LogP contribution >= 0.6 is 0 Å². The summed E-state index contributed by atoms with van der Waals surface area (Å²) in [5, 5.41) is 3.78. The van der Waals surface area contributed by atoms with E-state index in [9.17, 15) is 9.59 Å². The van der Waals surface area contributed by atoms with E-state index < -0.39 is 6.03 Å². The van der Waals surface area contributed by atoms with Crippen LogP contribution in [-0.4, -0.2) is 31.2 Å². The van der Waals surface area contributed by atoms with Crippen LogP contribution in [0.3, 0.4) is 0 Å². The second-order valence-electron chi connectivity index (χ2n) is 4.75. The first-order valence-electron chi connectivity index (χ1n) is 6.68. The Labute approximate surface area is 132 Å². The van der Waals surface area contributed by atoms with Gasteiger partial charge in [-0.1, -0.05) is 5.16 Å². The number of ether oxygens (including phenoxy) is 2. The van der Waals surface area contributed by atoms with Crippen LogP contribution < -0.4 is 20.1 Å². The first-order valence-corrected chi connectivity index (χ1v) is 6.68. The van der Waals surface area contributed by atoms with Crippen molar-refractivity contribution in [3.05, 3.63) is 29.5 Å². The van der Waals surface area contributed by atoms with Crippen molar-refractivity contribution in [3.8, 4) is 11.5 Å². The lowest BCUT2D eigenvalue weighted by atomic mass is 10.1. The van der Waals surface area contributed by atoms with Crippen molar-refractivity contribution < 1.29 is 23.6 Å². The number of Topliss-reactive ketones (excluding diaryl/α,β-unsaturated/α-hetero) is 1. The standard InChI is InChI=1S/C15H17N3O5/c1-8-5-14(17-23-8)18(15(16)20)11-6-10(9(2)19)12(21-3)7-13(11)22-4/h5-7H,1-4H3,(H2,16,20). The summed E-state index contributed by atoms with van der Waals surface area (Å²) < 4.78 is 15.4. The molecule has 0 atom stereocenters. The Balaban J connectivity index is 2.69. The molecule has 8 heteroatoms. The van der Waals surface area contributed by atoms with Crippen molar-refractivity contribution >= 4 is 23.3 Å². The summed E-state index contributed by atoms with van der Waals surface area (Å²) in [6.45, 7) is 3.07. The number of aryl methyl sites for hydroxylation is 1. The van der Waals surface area contributed by atoms with Crippen LogP contribution in [0.4, 0.5) is 16.3 Å². The maximum Gasteiger partial charge on any atom is 0.325 e. The molecule has 1 aromatic carbocycles. The van der Waals surface area contributed by atoms with Crippen molar-refractivity contribution in [2.75, 3.05) is 19.1 Å². The van der Waals surface area contributed by atoms with Crippen molar-refractivity contribution in [1.29, 1.82) is 0 Å². The molecule has 0 saturated heterocycles. The van der Waals surface area contributed by atoms with Gasteiger partial charge in [-0.15, -0.1) is 0 Å². The molecule has 2 rings (SSSR count). The molecule has 1 heterocycles. The number of hydrogen-bond donors (Lipinski definition) is 1. The minimum atomic E-state index is -0.795. The molecule has 8 nitrogen and oxygen atoms in total. The van der Waals surface area contributed by atoms with E-state index in [0.29, 0.717) is 17.3 Å². The number of hydrogen-bond acceptors (Lipinski definition) is 6. The van der Waals surface area contributed by atoms with Gasteiger partial charge in [0.1, 0.15) is 17.3 Å². The fourth-order valence-corrected chi connectivity index (χ4v) is 2.15. The Bertz CT molecular complexity index is 754. The molecular weight excluding hydrogens is 302 g/mol. The summed E-state index contributed by atoms with van der Waals surface area (Å²) in [6.07, 6.45) is 0. The number of nitrogens with zero attached hydrogens (tertiary/aromatic N) is 2. The predicted octanol–water partition coefficient (Wildman–Crippen LogP) is 2.42. The van der Waals surface area contributed by atoms with Crippen LogP contribution in [0.2, 0.25) is 0 Å². The van der Waals surface area contributed by atoms with E-state index in [2.05, 4.69) is 5.16 Å². The first kappa shape index (κ1) is 16.3. The van der Waals surface area contributed by atoms with Gasteiger partial charge in [-0.05, 0) is 19.9 Å². The van der Waals surface area contributed by atoms with Crippen molar-refractivity contribution in [2.24, 2.45) is 5.73 Å². The highest BCUT2D eigenvalue weighted by molar-refractivity contribution is 6.03. The molecule has 23 heavy (non-hydrogen) atoms. The molecule has 1 aromatic heterocycles. The molecule has 2 aromatic rings. The largest absolute Gasteiger partial charge is 0.496 e. The second kappa shape index (κ2) is 6.39. The lowest BCUT2D eigenvalue weighted by Crippen LogP contribution is -2.32.